The van der Waals surface area contributed by atoms with Crippen LogP contribution in [-0.4, -0.2) is 28.5 Å². The molecule has 0 spiro atoms. The maximum absolute atomic E-state index is 12.7. The Bertz CT molecular complexity index is 1070. The molecule has 4 rings (SSSR count). The summed E-state index contributed by atoms with van der Waals surface area (Å²) in [4.78, 5) is 31.2. The Kier molecular flexibility index (Phi) is 5.35. The molecule has 154 valence electrons. The first-order valence-corrected chi connectivity index (χ1v) is 10.0. The molecule has 0 radical (unpaired) electrons. The summed E-state index contributed by atoms with van der Waals surface area (Å²) in [7, 11) is 0. The Hall–Kier alpha value is -3.48. The van der Waals surface area contributed by atoms with Gasteiger partial charge in [-0.1, -0.05) is 43.3 Å². The SMILES string of the molecule is Cc1nc(-c2cccc(N3C[C@H](C(=O)Nc4ccc(C(C)C)cc4)CC3=O)c2)no1. The van der Waals surface area contributed by atoms with E-state index in [0.29, 0.717) is 24.2 Å². The lowest BCUT2D eigenvalue weighted by atomic mass is 10.0. The first-order valence-electron chi connectivity index (χ1n) is 10.0. The van der Waals surface area contributed by atoms with Crippen molar-refractivity contribution in [3.05, 3.63) is 60.0 Å². The second kappa shape index (κ2) is 8.10. The van der Waals surface area contributed by atoms with Crippen LogP contribution in [0, 0.1) is 12.8 Å². The Morgan fingerprint density at radius 2 is 1.97 bits per heavy atom. The molecule has 1 aliphatic rings. The van der Waals surface area contributed by atoms with E-state index in [9.17, 15) is 9.59 Å². The van der Waals surface area contributed by atoms with E-state index in [4.69, 9.17) is 4.52 Å². The van der Waals surface area contributed by atoms with E-state index in [1.165, 1.54) is 5.56 Å². The number of carbonyl (C=O) groups excluding carboxylic acids is 2. The van der Waals surface area contributed by atoms with Crippen molar-refractivity contribution in [3.63, 3.8) is 0 Å². The molecule has 2 aromatic carbocycles. The van der Waals surface area contributed by atoms with E-state index in [1.807, 2.05) is 48.5 Å². The molecule has 0 saturated carbocycles. The van der Waals surface area contributed by atoms with E-state index in [1.54, 1.807) is 11.8 Å². The third kappa shape index (κ3) is 4.10. The van der Waals surface area contributed by atoms with Crippen molar-refractivity contribution in [2.75, 3.05) is 16.8 Å². The van der Waals surface area contributed by atoms with E-state index in [0.717, 1.165) is 16.9 Å². The fourth-order valence-electron chi connectivity index (χ4n) is 3.56. The van der Waals surface area contributed by atoms with Gasteiger partial charge in [-0.05, 0) is 35.7 Å². The van der Waals surface area contributed by atoms with Crippen molar-refractivity contribution < 1.29 is 14.1 Å². The molecule has 0 unspecified atom stereocenters. The predicted octanol–water partition coefficient (Wildman–Crippen LogP) is 4.16. The monoisotopic (exact) mass is 404 g/mol. The molecular weight excluding hydrogens is 380 g/mol. The highest BCUT2D eigenvalue weighted by Crippen LogP contribution is 2.29. The number of aromatic nitrogens is 2. The lowest BCUT2D eigenvalue weighted by Gasteiger charge is -2.17. The van der Waals surface area contributed by atoms with Gasteiger partial charge in [0.05, 0.1) is 5.92 Å². The minimum absolute atomic E-state index is 0.0771. The Morgan fingerprint density at radius 1 is 1.20 bits per heavy atom. The third-order valence-corrected chi connectivity index (χ3v) is 5.28. The van der Waals surface area contributed by atoms with E-state index >= 15 is 0 Å². The van der Waals surface area contributed by atoms with Crippen LogP contribution in [0.25, 0.3) is 11.4 Å². The van der Waals surface area contributed by atoms with Crippen molar-refractivity contribution in [3.8, 4) is 11.4 Å². The number of aryl methyl sites for hydroxylation is 1. The summed E-state index contributed by atoms with van der Waals surface area (Å²) in [5.41, 5.74) is 3.43. The fraction of sp³-hybridized carbons (Fsp3) is 0.304. The quantitative estimate of drug-likeness (QED) is 0.690. The Balaban J connectivity index is 1.45. The van der Waals surface area contributed by atoms with Crippen LogP contribution < -0.4 is 10.2 Å². The average molecular weight is 404 g/mol. The van der Waals surface area contributed by atoms with Crippen LogP contribution in [0.1, 0.15) is 37.6 Å². The lowest BCUT2D eigenvalue weighted by Crippen LogP contribution is -2.28. The molecule has 0 aliphatic carbocycles. The van der Waals surface area contributed by atoms with Crippen LogP contribution in [0.2, 0.25) is 0 Å². The minimum atomic E-state index is -0.404. The van der Waals surface area contributed by atoms with Gasteiger partial charge in [-0.2, -0.15) is 4.98 Å². The number of benzene rings is 2. The van der Waals surface area contributed by atoms with Gasteiger partial charge in [0.1, 0.15) is 0 Å². The standard InChI is InChI=1S/C23H24N4O3/c1-14(2)16-7-9-19(10-8-16)25-23(29)18-12-21(28)27(13-18)20-6-4-5-17(11-20)22-24-15(3)30-26-22/h4-11,14,18H,12-13H2,1-3H3,(H,25,29)/t18-/m1/s1. The molecule has 1 atom stereocenters. The minimum Gasteiger partial charge on any atom is -0.339 e. The van der Waals surface area contributed by atoms with Crippen molar-refractivity contribution in [2.24, 2.45) is 5.92 Å². The first kappa shape index (κ1) is 19.8. The summed E-state index contributed by atoms with van der Waals surface area (Å²) in [5.74, 6) is 0.757. The van der Waals surface area contributed by atoms with Gasteiger partial charge in [0.2, 0.25) is 23.5 Å². The zero-order valence-electron chi connectivity index (χ0n) is 17.3. The smallest absolute Gasteiger partial charge is 0.229 e. The van der Waals surface area contributed by atoms with Gasteiger partial charge in [0.25, 0.3) is 0 Å². The topological polar surface area (TPSA) is 88.3 Å². The van der Waals surface area contributed by atoms with Crippen molar-refractivity contribution in [1.82, 2.24) is 10.1 Å². The van der Waals surface area contributed by atoms with Crippen LogP contribution >= 0.6 is 0 Å². The summed E-state index contributed by atoms with van der Waals surface area (Å²) >= 11 is 0. The summed E-state index contributed by atoms with van der Waals surface area (Å²) in [6.07, 6.45) is 0.182. The highest BCUT2D eigenvalue weighted by molar-refractivity contribution is 6.03. The molecule has 0 bridgehead atoms. The molecule has 1 fully saturated rings. The van der Waals surface area contributed by atoms with Gasteiger partial charge in [-0.15, -0.1) is 0 Å². The van der Waals surface area contributed by atoms with Gasteiger partial charge in [-0.25, -0.2) is 0 Å². The van der Waals surface area contributed by atoms with Gasteiger partial charge in [-0.3, -0.25) is 9.59 Å². The van der Waals surface area contributed by atoms with Crippen LogP contribution in [0.4, 0.5) is 11.4 Å². The molecule has 1 aromatic heterocycles. The molecule has 1 N–H and O–H groups in total. The summed E-state index contributed by atoms with van der Waals surface area (Å²) in [6.45, 7) is 6.32. The van der Waals surface area contributed by atoms with Gasteiger partial charge in [0, 0.05) is 36.8 Å². The largest absolute Gasteiger partial charge is 0.339 e. The lowest BCUT2D eigenvalue weighted by molar-refractivity contribution is -0.122. The highest BCUT2D eigenvalue weighted by Gasteiger charge is 2.35. The van der Waals surface area contributed by atoms with Crippen molar-refractivity contribution in [1.29, 1.82) is 0 Å². The Morgan fingerprint density at radius 3 is 2.63 bits per heavy atom. The molecule has 30 heavy (non-hydrogen) atoms. The van der Waals surface area contributed by atoms with Crippen LogP contribution in [0.3, 0.4) is 0 Å². The highest BCUT2D eigenvalue weighted by atomic mass is 16.5. The van der Waals surface area contributed by atoms with Crippen LogP contribution in [0.15, 0.2) is 53.1 Å². The fourth-order valence-corrected chi connectivity index (χ4v) is 3.56. The number of carbonyl (C=O) groups is 2. The van der Waals surface area contributed by atoms with Crippen molar-refractivity contribution >= 4 is 23.2 Å². The molecule has 3 aromatic rings. The molecule has 2 amide bonds. The molecule has 7 nitrogen and oxygen atoms in total. The second-order valence-corrected chi connectivity index (χ2v) is 7.86. The van der Waals surface area contributed by atoms with Gasteiger partial charge < -0.3 is 14.7 Å². The van der Waals surface area contributed by atoms with E-state index < -0.39 is 5.92 Å². The molecule has 2 heterocycles. The van der Waals surface area contributed by atoms with Gasteiger partial charge >= 0.3 is 0 Å². The normalized spacial score (nSPS) is 16.3. The molecule has 1 saturated heterocycles. The van der Waals surface area contributed by atoms with Gasteiger partial charge in [0.15, 0.2) is 0 Å². The number of amides is 2. The number of hydrogen-bond acceptors (Lipinski definition) is 5. The number of nitrogens with zero attached hydrogens (tertiary/aromatic N) is 3. The molecular formula is C23H24N4O3. The summed E-state index contributed by atoms with van der Waals surface area (Å²) < 4.78 is 5.04. The summed E-state index contributed by atoms with van der Waals surface area (Å²) in [6, 6.07) is 15.2. The predicted molar refractivity (Wildman–Crippen MR) is 114 cm³/mol. The number of anilines is 2. The average Bonchev–Trinajstić information content (AvgIpc) is 3.34. The van der Waals surface area contributed by atoms with E-state index in [-0.39, 0.29) is 18.2 Å². The molecule has 7 heteroatoms. The van der Waals surface area contributed by atoms with Crippen molar-refractivity contribution in [2.45, 2.75) is 33.1 Å². The maximum Gasteiger partial charge on any atom is 0.229 e. The molecule has 1 aliphatic heterocycles. The van der Waals surface area contributed by atoms with Crippen LogP contribution in [0.5, 0.6) is 0 Å². The first-order chi connectivity index (χ1) is 14.4. The third-order valence-electron chi connectivity index (χ3n) is 5.28. The maximum atomic E-state index is 12.7. The zero-order valence-corrected chi connectivity index (χ0v) is 17.3. The zero-order chi connectivity index (χ0) is 21.3. The second-order valence-electron chi connectivity index (χ2n) is 7.86. The number of hydrogen-bond donors (Lipinski definition) is 1. The van der Waals surface area contributed by atoms with E-state index in [2.05, 4.69) is 29.3 Å². The Labute approximate surface area is 175 Å². The number of rotatable bonds is 5. The number of nitrogens with one attached hydrogen (secondary N) is 1. The summed E-state index contributed by atoms with van der Waals surface area (Å²) in [5, 5.41) is 6.86. The van der Waals surface area contributed by atoms with Crippen LogP contribution in [-0.2, 0) is 9.59 Å².